The molecule has 6 heteroatoms. The van der Waals surface area contributed by atoms with Gasteiger partial charge >= 0.3 is 5.97 Å². The molecule has 0 aromatic rings. The fourth-order valence-electron chi connectivity index (χ4n) is 2.20. The van der Waals surface area contributed by atoms with Gasteiger partial charge in [0.2, 0.25) is 5.91 Å². The molecule has 0 aromatic carbocycles. The Kier molecular flexibility index (Phi) is 7.90. The van der Waals surface area contributed by atoms with Crippen molar-refractivity contribution in [3.63, 3.8) is 0 Å². The van der Waals surface area contributed by atoms with E-state index in [0.29, 0.717) is 18.8 Å². The zero-order chi connectivity index (χ0) is 14.1. The molecule has 1 rings (SSSR count). The molecular formula is C13H23NO4S. The van der Waals surface area contributed by atoms with E-state index in [1.165, 1.54) is 7.11 Å². The lowest BCUT2D eigenvalue weighted by atomic mass is 9.99. The van der Waals surface area contributed by atoms with Gasteiger partial charge in [0.05, 0.1) is 25.9 Å². The minimum atomic E-state index is -0.239. The van der Waals surface area contributed by atoms with Crippen LogP contribution in [0.5, 0.6) is 0 Å². The zero-order valence-electron chi connectivity index (χ0n) is 11.7. The van der Waals surface area contributed by atoms with Crippen molar-refractivity contribution < 1.29 is 19.1 Å². The highest BCUT2D eigenvalue weighted by atomic mass is 32.2. The number of rotatable bonds is 7. The van der Waals surface area contributed by atoms with Crippen molar-refractivity contribution in [2.45, 2.75) is 31.7 Å². The molecule has 1 amide bonds. The highest BCUT2D eigenvalue weighted by molar-refractivity contribution is 7.99. The van der Waals surface area contributed by atoms with Crippen molar-refractivity contribution in [2.75, 3.05) is 38.9 Å². The largest absolute Gasteiger partial charge is 0.469 e. The van der Waals surface area contributed by atoms with Gasteiger partial charge in [-0.1, -0.05) is 0 Å². The van der Waals surface area contributed by atoms with Gasteiger partial charge < -0.3 is 14.4 Å². The SMILES string of the molecule is COCCSCC(=O)N1CCCCC1CC(=O)OC. The molecule has 19 heavy (non-hydrogen) atoms. The van der Waals surface area contributed by atoms with Crippen molar-refractivity contribution in [3.05, 3.63) is 0 Å². The number of piperidine rings is 1. The quantitative estimate of drug-likeness (QED) is 0.522. The number of thioether (sulfide) groups is 1. The van der Waals surface area contributed by atoms with Gasteiger partial charge in [-0.25, -0.2) is 0 Å². The summed E-state index contributed by atoms with van der Waals surface area (Å²) in [5, 5.41) is 0. The average molecular weight is 289 g/mol. The van der Waals surface area contributed by atoms with Gasteiger partial charge in [0.25, 0.3) is 0 Å². The Bertz CT molecular complexity index is 298. The Morgan fingerprint density at radius 3 is 2.79 bits per heavy atom. The maximum Gasteiger partial charge on any atom is 0.307 e. The van der Waals surface area contributed by atoms with Crippen molar-refractivity contribution in [1.29, 1.82) is 0 Å². The van der Waals surface area contributed by atoms with Gasteiger partial charge in [0.1, 0.15) is 0 Å². The molecule has 110 valence electrons. The third-order valence-electron chi connectivity index (χ3n) is 3.23. The summed E-state index contributed by atoms with van der Waals surface area (Å²) in [5.74, 6) is 1.16. The second kappa shape index (κ2) is 9.20. The Labute approximate surface area is 119 Å². The first kappa shape index (κ1) is 16.3. The van der Waals surface area contributed by atoms with Crippen molar-refractivity contribution in [1.82, 2.24) is 4.90 Å². The van der Waals surface area contributed by atoms with Gasteiger partial charge in [-0.3, -0.25) is 9.59 Å². The Hall–Kier alpha value is -0.750. The van der Waals surface area contributed by atoms with E-state index in [9.17, 15) is 9.59 Å². The fourth-order valence-corrected chi connectivity index (χ4v) is 2.97. The van der Waals surface area contributed by atoms with Gasteiger partial charge in [-0.2, -0.15) is 0 Å². The average Bonchev–Trinajstić information content (AvgIpc) is 2.43. The molecule has 1 fully saturated rings. The molecule has 5 nitrogen and oxygen atoms in total. The van der Waals surface area contributed by atoms with Crippen LogP contribution in [-0.2, 0) is 19.1 Å². The van der Waals surface area contributed by atoms with E-state index < -0.39 is 0 Å². The summed E-state index contributed by atoms with van der Waals surface area (Å²) in [6.07, 6.45) is 3.29. The first-order valence-electron chi connectivity index (χ1n) is 6.62. The summed E-state index contributed by atoms with van der Waals surface area (Å²) >= 11 is 1.57. The number of methoxy groups -OCH3 is 2. The summed E-state index contributed by atoms with van der Waals surface area (Å²) in [5.41, 5.74) is 0. The van der Waals surface area contributed by atoms with Crippen LogP contribution in [0.3, 0.4) is 0 Å². The Balaban J connectivity index is 2.41. The van der Waals surface area contributed by atoms with Crippen LogP contribution >= 0.6 is 11.8 Å². The molecule has 1 unspecified atom stereocenters. The van der Waals surface area contributed by atoms with E-state index in [4.69, 9.17) is 9.47 Å². The number of hydrogen-bond acceptors (Lipinski definition) is 5. The van der Waals surface area contributed by atoms with E-state index in [0.717, 1.165) is 31.6 Å². The van der Waals surface area contributed by atoms with Crippen LogP contribution in [0.15, 0.2) is 0 Å². The zero-order valence-corrected chi connectivity index (χ0v) is 12.5. The number of likely N-dealkylation sites (tertiary alicyclic amines) is 1. The van der Waals surface area contributed by atoms with Gasteiger partial charge in [0.15, 0.2) is 0 Å². The second-order valence-corrected chi connectivity index (χ2v) is 5.67. The predicted octanol–water partition coefficient (Wildman–Crippen LogP) is 1.31. The summed E-state index contributed by atoms with van der Waals surface area (Å²) in [6, 6.07) is 0.0109. The van der Waals surface area contributed by atoms with E-state index in [-0.39, 0.29) is 17.9 Å². The summed E-state index contributed by atoms with van der Waals surface area (Å²) in [7, 11) is 3.04. The van der Waals surface area contributed by atoms with Crippen LogP contribution in [-0.4, -0.2) is 61.7 Å². The van der Waals surface area contributed by atoms with E-state index >= 15 is 0 Å². The van der Waals surface area contributed by atoms with Gasteiger partial charge in [-0.15, -0.1) is 11.8 Å². The fraction of sp³-hybridized carbons (Fsp3) is 0.846. The molecule has 1 aliphatic rings. The predicted molar refractivity (Wildman–Crippen MR) is 75.2 cm³/mol. The number of hydrogen-bond donors (Lipinski definition) is 0. The van der Waals surface area contributed by atoms with Crippen LogP contribution in [0.4, 0.5) is 0 Å². The third kappa shape index (κ3) is 5.82. The van der Waals surface area contributed by atoms with E-state index in [1.807, 2.05) is 4.90 Å². The second-order valence-electron chi connectivity index (χ2n) is 4.56. The van der Waals surface area contributed by atoms with Crippen LogP contribution in [0.25, 0.3) is 0 Å². The third-order valence-corrected chi connectivity index (χ3v) is 4.14. The lowest BCUT2D eigenvalue weighted by Gasteiger charge is -2.35. The minimum absolute atomic E-state index is 0.0109. The molecule has 0 radical (unpaired) electrons. The minimum Gasteiger partial charge on any atom is -0.469 e. The normalized spacial score (nSPS) is 19.3. The molecule has 0 aliphatic carbocycles. The summed E-state index contributed by atoms with van der Waals surface area (Å²) in [4.78, 5) is 25.4. The Morgan fingerprint density at radius 2 is 2.11 bits per heavy atom. The van der Waals surface area contributed by atoms with Crippen molar-refractivity contribution in [3.8, 4) is 0 Å². The summed E-state index contributed by atoms with van der Waals surface area (Å²) in [6.45, 7) is 1.41. The van der Waals surface area contributed by atoms with Crippen LogP contribution in [0.2, 0.25) is 0 Å². The van der Waals surface area contributed by atoms with Crippen LogP contribution in [0, 0.1) is 0 Å². The van der Waals surface area contributed by atoms with Gasteiger partial charge in [-0.05, 0) is 19.3 Å². The standard InChI is InChI=1S/C13H23NO4S/c1-17-7-8-19-10-12(15)14-6-4-3-5-11(14)9-13(16)18-2/h11H,3-10H2,1-2H3. The van der Waals surface area contributed by atoms with Crippen molar-refractivity contribution in [2.24, 2.45) is 0 Å². The number of nitrogens with zero attached hydrogens (tertiary/aromatic N) is 1. The first-order chi connectivity index (χ1) is 9.19. The molecule has 0 aromatic heterocycles. The van der Waals surface area contributed by atoms with E-state index in [2.05, 4.69) is 0 Å². The van der Waals surface area contributed by atoms with E-state index in [1.54, 1.807) is 18.9 Å². The maximum atomic E-state index is 12.2. The monoisotopic (exact) mass is 289 g/mol. The molecule has 0 saturated carbocycles. The topological polar surface area (TPSA) is 55.8 Å². The smallest absolute Gasteiger partial charge is 0.307 e. The maximum absolute atomic E-state index is 12.2. The summed E-state index contributed by atoms with van der Waals surface area (Å²) < 4.78 is 9.65. The molecule has 1 aliphatic heterocycles. The molecule has 0 spiro atoms. The molecule has 1 saturated heterocycles. The molecule has 1 heterocycles. The lowest BCUT2D eigenvalue weighted by molar-refractivity contribution is -0.144. The number of ether oxygens (including phenoxy) is 2. The number of amides is 1. The molecule has 0 N–H and O–H groups in total. The molecular weight excluding hydrogens is 266 g/mol. The first-order valence-corrected chi connectivity index (χ1v) is 7.77. The molecule has 0 bridgehead atoms. The number of carbonyl (C=O) groups excluding carboxylic acids is 2. The highest BCUT2D eigenvalue weighted by Crippen LogP contribution is 2.21. The number of esters is 1. The Morgan fingerprint density at radius 1 is 1.32 bits per heavy atom. The molecule has 1 atom stereocenters. The highest BCUT2D eigenvalue weighted by Gasteiger charge is 2.28. The lowest BCUT2D eigenvalue weighted by Crippen LogP contribution is -2.45. The van der Waals surface area contributed by atoms with Gasteiger partial charge in [0, 0.05) is 25.4 Å². The number of carbonyl (C=O) groups is 2. The van der Waals surface area contributed by atoms with Crippen molar-refractivity contribution >= 4 is 23.6 Å². The van der Waals surface area contributed by atoms with Crippen LogP contribution in [0.1, 0.15) is 25.7 Å². The van der Waals surface area contributed by atoms with Crippen LogP contribution < -0.4 is 0 Å².